The summed E-state index contributed by atoms with van der Waals surface area (Å²) in [5.41, 5.74) is 0.440. The summed E-state index contributed by atoms with van der Waals surface area (Å²) in [4.78, 5) is 0.154. The van der Waals surface area contributed by atoms with E-state index in [0.29, 0.717) is 5.56 Å². The van der Waals surface area contributed by atoms with E-state index in [1.165, 1.54) is 24.3 Å². The molecule has 0 fully saturated rings. The largest absolute Gasteiger partial charge is 0.237 e. The predicted octanol–water partition coefficient (Wildman–Crippen LogP) is 1.64. The first-order valence-electron chi connectivity index (χ1n) is 2.99. The average Bonchev–Trinajstić information content (AvgIpc) is 2.03. The van der Waals surface area contributed by atoms with Crippen molar-refractivity contribution < 1.29 is 8.42 Å². The summed E-state index contributed by atoms with van der Waals surface area (Å²) >= 11 is 2.52. The number of halogens is 1. The van der Waals surface area contributed by atoms with Gasteiger partial charge in [0.15, 0.2) is 0 Å². The van der Waals surface area contributed by atoms with Gasteiger partial charge in [-0.3, -0.25) is 0 Å². The van der Waals surface area contributed by atoms with Gasteiger partial charge in [-0.2, -0.15) is 5.26 Å². The molecule has 0 heterocycles. The van der Waals surface area contributed by atoms with Crippen LogP contribution in [0.4, 0.5) is 0 Å². The molecule has 1 aromatic carbocycles. The van der Waals surface area contributed by atoms with E-state index in [1.807, 2.05) is 6.07 Å². The molecule has 0 saturated heterocycles. The summed E-state index contributed by atoms with van der Waals surface area (Å²) in [6, 6.07) is 7.56. The lowest BCUT2D eigenvalue weighted by Crippen LogP contribution is -1.88. The molecule has 0 N–H and O–H groups in total. The highest BCUT2D eigenvalue weighted by Crippen LogP contribution is 2.16. The lowest BCUT2D eigenvalue weighted by atomic mass is 10.2. The van der Waals surface area contributed by atoms with Crippen molar-refractivity contribution in [2.24, 2.45) is 0 Å². The Labute approximate surface area is 77.8 Å². The summed E-state index contributed by atoms with van der Waals surface area (Å²) < 4.78 is 21.7. The van der Waals surface area contributed by atoms with E-state index in [1.54, 1.807) is 0 Å². The van der Waals surface area contributed by atoms with Gasteiger partial charge < -0.3 is 0 Å². The Hall–Kier alpha value is -0.860. The van der Waals surface area contributed by atoms with Crippen LogP contribution in [0.15, 0.2) is 29.2 Å². The smallest absolute Gasteiger partial charge is 0.212 e. The summed E-state index contributed by atoms with van der Waals surface area (Å²) in [6.07, 6.45) is 0. The van der Waals surface area contributed by atoms with Gasteiger partial charge >= 0.3 is 0 Å². The SMILES string of the molecule is N#Cc1ccc(S(=O)(=O)Br)cc1. The zero-order valence-corrected chi connectivity index (χ0v) is 8.26. The minimum absolute atomic E-state index is 0.154. The molecule has 0 spiro atoms. The highest BCUT2D eigenvalue weighted by atomic mass is 79.9. The third-order valence-corrected chi connectivity index (χ3v) is 3.22. The first kappa shape index (κ1) is 9.23. The maximum Gasteiger partial charge on any atom is 0.237 e. The molecule has 0 aliphatic carbocycles. The van der Waals surface area contributed by atoms with Gasteiger partial charge in [-0.1, -0.05) is 0 Å². The standard InChI is InChI=1S/C7H4BrNO2S/c8-12(10,11)7-3-1-6(5-9)2-4-7/h1-4H. The third kappa shape index (κ3) is 2.06. The molecule has 0 unspecified atom stereocenters. The Bertz CT molecular complexity index is 416. The number of hydrogen-bond acceptors (Lipinski definition) is 3. The first-order chi connectivity index (χ1) is 5.54. The van der Waals surface area contributed by atoms with Crippen LogP contribution in [0.1, 0.15) is 5.56 Å². The van der Waals surface area contributed by atoms with Crippen LogP contribution in [-0.2, 0) is 8.27 Å². The first-order valence-corrected chi connectivity index (χ1v) is 6.31. The maximum atomic E-state index is 10.9. The molecule has 1 rings (SSSR count). The fourth-order valence-electron chi connectivity index (χ4n) is 0.692. The number of rotatable bonds is 1. The Morgan fingerprint density at radius 1 is 1.25 bits per heavy atom. The molecule has 0 saturated carbocycles. The van der Waals surface area contributed by atoms with Crippen molar-refractivity contribution in [3.8, 4) is 6.07 Å². The average molecular weight is 246 g/mol. The van der Waals surface area contributed by atoms with E-state index in [2.05, 4.69) is 14.8 Å². The van der Waals surface area contributed by atoms with Crippen molar-refractivity contribution in [1.82, 2.24) is 0 Å². The van der Waals surface area contributed by atoms with Gasteiger partial charge in [-0.15, -0.1) is 0 Å². The van der Waals surface area contributed by atoms with Crippen LogP contribution >= 0.6 is 14.8 Å². The second-order valence-electron chi connectivity index (χ2n) is 2.07. The molecular weight excluding hydrogens is 242 g/mol. The molecule has 5 heteroatoms. The topological polar surface area (TPSA) is 57.9 Å². The minimum Gasteiger partial charge on any atom is -0.212 e. The van der Waals surface area contributed by atoms with Crippen LogP contribution in [0.5, 0.6) is 0 Å². The number of nitrogens with zero attached hydrogens (tertiary/aromatic N) is 1. The number of benzene rings is 1. The van der Waals surface area contributed by atoms with Crippen LogP contribution in [-0.4, -0.2) is 8.42 Å². The fraction of sp³-hybridized carbons (Fsp3) is 0. The van der Waals surface area contributed by atoms with Gasteiger partial charge in [0.05, 0.1) is 31.3 Å². The summed E-state index contributed by atoms with van der Waals surface area (Å²) in [6.45, 7) is 0. The van der Waals surface area contributed by atoms with Gasteiger partial charge in [0, 0.05) is 0 Å². The fourth-order valence-corrected chi connectivity index (χ4v) is 1.80. The normalized spacial score (nSPS) is 10.7. The summed E-state index contributed by atoms with van der Waals surface area (Å²) in [5, 5.41) is 8.42. The predicted molar refractivity (Wildman–Crippen MR) is 47.3 cm³/mol. The van der Waals surface area contributed by atoms with Crippen LogP contribution in [0, 0.1) is 11.3 Å². The maximum absolute atomic E-state index is 10.9. The molecular formula is C7H4BrNO2S. The Balaban J connectivity index is 3.20. The van der Waals surface area contributed by atoms with Gasteiger partial charge in [0.2, 0.25) is 8.27 Å². The minimum atomic E-state index is -3.32. The van der Waals surface area contributed by atoms with E-state index in [9.17, 15) is 8.42 Å². The van der Waals surface area contributed by atoms with Crippen molar-refractivity contribution in [2.75, 3.05) is 0 Å². The van der Waals surface area contributed by atoms with Crippen LogP contribution in [0.25, 0.3) is 0 Å². The van der Waals surface area contributed by atoms with E-state index in [-0.39, 0.29) is 4.90 Å². The lowest BCUT2D eigenvalue weighted by Gasteiger charge is -1.94. The van der Waals surface area contributed by atoms with Gasteiger partial charge in [-0.25, -0.2) is 8.42 Å². The molecule has 0 radical (unpaired) electrons. The molecule has 0 aromatic heterocycles. The molecule has 0 atom stereocenters. The van der Waals surface area contributed by atoms with Crippen molar-refractivity contribution in [3.63, 3.8) is 0 Å². The Morgan fingerprint density at radius 3 is 2.08 bits per heavy atom. The van der Waals surface area contributed by atoms with Crippen LogP contribution in [0.2, 0.25) is 0 Å². The van der Waals surface area contributed by atoms with Gasteiger partial charge in [0.25, 0.3) is 0 Å². The molecule has 0 aliphatic rings. The monoisotopic (exact) mass is 245 g/mol. The van der Waals surface area contributed by atoms with Crippen molar-refractivity contribution in [3.05, 3.63) is 29.8 Å². The number of hydrogen-bond donors (Lipinski definition) is 0. The lowest BCUT2D eigenvalue weighted by molar-refractivity contribution is 0.611. The van der Waals surface area contributed by atoms with Gasteiger partial charge in [-0.05, 0) is 24.3 Å². The second-order valence-corrected chi connectivity index (χ2v) is 5.98. The zero-order chi connectivity index (χ0) is 9.19. The summed E-state index contributed by atoms with van der Waals surface area (Å²) in [5.74, 6) is 0. The zero-order valence-electron chi connectivity index (χ0n) is 5.86. The van der Waals surface area contributed by atoms with E-state index >= 15 is 0 Å². The van der Waals surface area contributed by atoms with E-state index < -0.39 is 8.27 Å². The van der Waals surface area contributed by atoms with Gasteiger partial charge in [0.1, 0.15) is 0 Å². The third-order valence-electron chi connectivity index (χ3n) is 1.26. The van der Waals surface area contributed by atoms with Crippen molar-refractivity contribution in [2.45, 2.75) is 4.90 Å². The second kappa shape index (κ2) is 3.25. The molecule has 12 heavy (non-hydrogen) atoms. The molecule has 62 valence electrons. The Morgan fingerprint density at radius 2 is 1.75 bits per heavy atom. The highest BCUT2D eigenvalue weighted by molar-refractivity contribution is 9.47. The number of nitriles is 1. The highest BCUT2D eigenvalue weighted by Gasteiger charge is 2.07. The molecule has 3 nitrogen and oxygen atoms in total. The van der Waals surface area contributed by atoms with E-state index in [0.717, 1.165) is 0 Å². The van der Waals surface area contributed by atoms with Crippen molar-refractivity contribution >= 4 is 23.1 Å². The quantitative estimate of drug-likeness (QED) is 0.708. The van der Waals surface area contributed by atoms with E-state index in [4.69, 9.17) is 5.26 Å². The van der Waals surface area contributed by atoms with Crippen LogP contribution in [0.3, 0.4) is 0 Å². The van der Waals surface area contributed by atoms with Crippen LogP contribution < -0.4 is 0 Å². The van der Waals surface area contributed by atoms with Crippen molar-refractivity contribution in [1.29, 1.82) is 5.26 Å². The Kier molecular flexibility index (Phi) is 2.50. The molecule has 0 amide bonds. The molecule has 1 aromatic rings. The summed E-state index contributed by atoms with van der Waals surface area (Å²) in [7, 11) is -3.32. The molecule has 0 bridgehead atoms. The molecule has 0 aliphatic heterocycles.